The second kappa shape index (κ2) is 7.76. The predicted octanol–water partition coefficient (Wildman–Crippen LogP) is 4.15. The number of nitrogen functional groups attached to an aromatic ring is 1. The highest BCUT2D eigenvalue weighted by molar-refractivity contribution is 5.99. The predicted molar refractivity (Wildman–Crippen MR) is 137 cm³/mol. The highest BCUT2D eigenvalue weighted by Crippen LogP contribution is 2.33. The van der Waals surface area contributed by atoms with Crippen LogP contribution < -0.4 is 10.6 Å². The SMILES string of the molecule is Nc1ncnc2c1c(-c1ccc3cn[nH]c3c1)nn2Cc1cc2ccccc2nc1N1CCCC1. The lowest BCUT2D eigenvalue weighted by atomic mass is 10.1. The van der Waals surface area contributed by atoms with Crippen LogP contribution in [0.1, 0.15) is 18.4 Å². The van der Waals surface area contributed by atoms with Gasteiger partial charge in [0, 0.05) is 35.0 Å². The van der Waals surface area contributed by atoms with Crippen LogP contribution in [-0.4, -0.2) is 48.0 Å². The van der Waals surface area contributed by atoms with E-state index < -0.39 is 0 Å². The van der Waals surface area contributed by atoms with E-state index in [0.29, 0.717) is 18.0 Å². The summed E-state index contributed by atoms with van der Waals surface area (Å²) in [5.74, 6) is 1.43. The molecule has 35 heavy (non-hydrogen) atoms. The molecule has 0 spiro atoms. The summed E-state index contributed by atoms with van der Waals surface area (Å²) in [7, 11) is 0. The number of para-hydroxylation sites is 1. The van der Waals surface area contributed by atoms with Gasteiger partial charge in [-0.15, -0.1) is 0 Å². The first-order valence-electron chi connectivity index (χ1n) is 11.8. The Morgan fingerprint density at radius 3 is 2.77 bits per heavy atom. The fourth-order valence-electron chi connectivity index (χ4n) is 5.06. The molecule has 1 fully saturated rings. The molecule has 0 amide bonds. The van der Waals surface area contributed by atoms with Gasteiger partial charge in [0.05, 0.1) is 29.2 Å². The van der Waals surface area contributed by atoms with Crippen molar-refractivity contribution in [2.24, 2.45) is 0 Å². The van der Waals surface area contributed by atoms with E-state index in [0.717, 1.165) is 62.9 Å². The highest BCUT2D eigenvalue weighted by atomic mass is 15.3. The molecule has 2 aromatic carbocycles. The van der Waals surface area contributed by atoms with Crippen LogP contribution >= 0.6 is 0 Å². The molecule has 9 heteroatoms. The van der Waals surface area contributed by atoms with Crippen LogP contribution in [0.15, 0.2) is 61.1 Å². The zero-order valence-corrected chi connectivity index (χ0v) is 19.0. The third kappa shape index (κ3) is 3.27. The first-order valence-corrected chi connectivity index (χ1v) is 11.8. The molecule has 0 unspecified atom stereocenters. The molecule has 1 aliphatic rings. The monoisotopic (exact) mass is 461 g/mol. The van der Waals surface area contributed by atoms with Gasteiger partial charge in [-0.25, -0.2) is 19.6 Å². The lowest BCUT2D eigenvalue weighted by molar-refractivity contribution is 0.702. The Morgan fingerprint density at radius 1 is 0.971 bits per heavy atom. The summed E-state index contributed by atoms with van der Waals surface area (Å²) in [6, 6.07) is 16.6. The van der Waals surface area contributed by atoms with Crippen molar-refractivity contribution in [2.75, 3.05) is 23.7 Å². The average Bonchev–Trinajstić information content (AvgIpc) is 3.64. The summed E-state index contributed by atoms with van der Waals surface area (Å²) < 4.78 is 1.92. The molecule has 3 N–H and O–H groups in total. The Morgan fingerprint density at radius 2 is 1.86 bits per heavy atom. The molecule has 0 radical (unpaired) electrons. The molecule has 0 aliphatic carbocycles. The molecule has 6 aromatic rings. The van der Waals surface area contributed by atoms with Crippen LogP contribution in [0.3, 0.4) is 0 Å². The number of rotatable bonds is 4. The molecular weight excluding hydrogens is 438 g/mol. The average molecular weight is 462 g/mol. The summed E-state index contributed by atoms with van der Waals surface area (Å²) in [6.45, 7) is 2.56. The molecule has 9 nitrogen and oxygen atoms in total. The van der Waals surface area contributed by atoms with E-state index in [4.69, 9.17) is 15.8 Å². The number of anilines is 2. The van der Waals surface area contributed by atoms with Crippen LogP contribution in [0.5, 0.6) is 0 Å². The molecule has 1 saturated heterocycles. The molecule has 0 atom stereocenters. The third-order valence-electron chi connectivity index (χ3n) is 6.78. The van der Waals surface area contributed by atoms with Crippen molar-refractivity contribution in [3.05, 3.63) is 66.6 Å². The van der Waals surface area contributed by atoms with Gasteiger partial charge in [0.15, 0.2) is 5.65 Å². The molecule has 5 heterocycles. The van der Waals surface area contributed by atoms with Crippen molar-refractivity contribution in [1.82, 2.24) is 34.9 Å². The summed E-state index contributed by atoms with van der Waals surface area (Å²) >= 11 is 0. The number of fused-ring (bicyclic) bond motifs is 3. The van der Waals surface area contributed by atoms with Gasteiger partial charge >= 0.3 is 0 Å². The minimum Gasteiger partial charge on any atom is -0.383 e. The number of hydrogen-bond acceptors (Lipinski definition) is 7. The molecule has 172 valence electrons. The quantitative estimate of drug-likeness (QED) is 0.405. The Hall–Kier alpha value is -4.53. The summed E-state index contributed by atoms with van der Waals surface area (Å²) in [6.07, 6.45) is 5.67. The number of pyridine rings is 1. The van der Waals surface area contributed by atoms with Gasteiger partial charge in [-0.1, -0.05) is 30.3 Å². The number of hydrogen-bond donors (Lipinski definition) is 2. The summed E-state index contributed by atoms with van der Waals surface area (Å²) in [5, 5.41) is 15.1. The van der Waals surface area contributed by atoms with Gasteiger partial charge < -0.3 is 10.6 Å². The van der Waals surface area contributed by atoms with Crippen LogP contribution in [0.25, 0.3) is 44.1 Å². The lowest BCUT2D eigenvalue weighted by Gasteiger charge is -2.21. The fraction of sp³-hybridized carbons (Fsp3) is 0.192. The normalized spacial score (nSPS) is 14.0. The zero-order valence-electron chi connectivity index (χ0n) is 19.0. The molecular formula is C26H23N9. The van der Waals surface area contributed by atoms with Crippen molar-refractivity contribution in [3.8, 4) is 11.3 Å². The third-order valence-corrected chi connectivity index (χ3v) is 6.78. The number of benzene rings is 2. The number of nitrogens with two attached hydrogens (primary N) is 1. The first-order chi connectivity index (χ1) is 17.2. The molecule has 0 saturated carbocycles. The maximum absolute atomic E-state index is 6.35. The summed E-state index contributed by atoms with van der Waals surface area (Å²) in [5.41, 5.74) is 11.8. The minimum atomic E-state index is 0.414. The molecule has 4 aromatic heterocycles. The maximum Gasteiger partial charge on any atom is 0.164 e. The van der Waals surface area contributed by atoms with Crippen molar-refractivity contribution >= 4 is 44.5 Å². The number of nitrogens with one attached hydrogen (secondary N) is 1. The number of aromatic amines is 1. The zero-order chi connectivity index (χ0) is 23.4. The van der Waals surface area contributed by atoms with Crippen LogP contribution in [0.4, 0.5) is 11.6 Å². The fourth-order valence-corrected chi connectivity index (χ4v) is 5.06. The van der Waals surface area contributed by atoms with E-state index in [1.165, 1.54) is 19.2 Å². The van der Waals surface area contributed by atoms with E-state index in [-0.39, 0.29) is 0 Å². The minimum absolute atomic E-state index is 0.414. The Bertz CT molecular complexity index is 1710. The Balaban J connectivity index is 1.40. The van der Waals surface area contributed by atoms with E-state index >= 15 is 0 Å². The number of nitrogens with zero attached hydrogens (tertiary/aromatic N) is 7. The van der Waals surface area contributed by atoms with Crippen molar-refractivity contribution in [1.29, 1.82) is 0 Å². The maximum atomic E-state index is 6.35. The van der Waals surface area contributed by atoms with Gasteiger partial charge in [0.25, 0.3) is 0 Å². The van der Waals surface area contributed by atoms with Gasteiger partial charge in [0.1, 0.15) is 23.7 Å². The topological polar surface area (TPSA) is 114 Å². The van der Waals surface area contributed by atoms with E-state index in [2.05, 4.69) is 43.3 Å². The number of aromatic nitrogens is 7. The molecule has 0 bridgehead atoms. The second-order valence-electron chi connectivity index (χ2n) is 8.99. The lowest BCUT2D eigenvalue weighted by Crippen LogP contribution is -2.21. The van der Waals surface area contributed by atoms with Crippen molar-refractivity contribution < 1.29 is 0 Å². The van der Waals surface area contributed by atoms with Gasteiger partial charge in [-0.2, -0.15) is 10.2 Å². The van der Waals surface area contributed by atoms with Gasteiger partial charge in [-0.05, 0) is 31.0 Å². The van der Waals surface area contributed by atoms with Crippen LogP contribution in [0.2, 0.25) is 0 Å². The largest absolute Gasteiger partial charge is 0.383 e. The second-order valence-corrected chi connectivity index (χ2v) is 8.99. The van der Waals surface area contributed by atoms with Gasteiger partial charge in [0.2, 0.25) is 0 Å². The smallest absolute Gasteiger partial charge is 0.164 e. The number of H-pyrrole nitrogens is 1. The van der Waals surface area contributed by atoms with E-state index in [1.54, 1.807) is 6.20 Å². The highest BCUT2D eigenvalue weighted by Gasteiger charge is 2.22. The van der Waals surface area contributed by atoms with E-state index in [1.807, 2.05) is 35.0 Å². The summed E-state index contributed by atoms with van der Waals surface area (Å²) in [4.78, 5) is 16.3. The van der Waals surface area contributed by atoms with E-state index in [9.17, 15) is 0 Å². The Labute approximate surface area is 200 Å². The van der Waals surface area contributed by atoms with Crippen molar-refractivity contribution in [2.45, 2.75) is 19.4 Å². The molecule has 1 aliphatic heterocycles. The molecule has 7 rings (SSSR count). The first kappa shape index (κ1) is 19.9. The van der Waals surface area contributed by atoms with Crippen LogP contribution in [0, 0.1) is 0 Å². The van der Waals surface area contributed by atoms with Gasteiger partial charge in [-0.3, -0.25) is 5.10 Å². The van der Waals surface area contributed by atoms with Crippen molar-refractivity contribution in [3.63, 3.8) is 0 Å². The standard InChI is InChI=1S/C26H23N9/c27-24-22-23(17-7-8-18-13-30-32-21(18)12-17)33-35(26(22)29-15-28-24)14-19-11-16-5-1-2-6-20(16)31-25(19)34-9-3-4-10-34/h1-2,5-8,11-13,15H,3-4,9-10,14H2,(H,30,32)(H2,27,28,29). The van der Waals surface area contributed by atoms with Crippen LogP contribution in [-0.2, 0) is 6.54 Å². The Kier molecular flexibility index (Phi) is 4.41.